The van der Waals surface area contributed by atoms with E-state index in [2.05, 4.69) is 23.8 Å². The number of hydrogen-bond donors (Lipinski definition) is 1. The van der Waals surface area contributed by atoms with E-state index in [9.17, 15) is 4.79 Å². The molecule has 1 aromatic rings. The lowest BCUT2D eigenvalue weighted by Crippen LogP contribution is -2.31. The lowest BCUT2D eigenvalue weighted by molar-refractivity contribution is -0.141. The lowest BCUT2D eigenvalue weighted by atomic mass is 10.1. The Balaban J connectivity index is 2.64. The van der Waals surface area contributed by atoms with Crippen molar-refractivity contribution in [1.29, 1.82) is 0 Å². The highest BCUT2D eigenvalue weighted by molar-refractivity contribution is 5.69. The Bertz CT molecular complexity index is 413. The fraction of sp³-hybridized carbons (Fsp3) is 0.733. The molecule has 0 aliphatic carbocycles. The number of carboxylic acids is 1. The Morgan fingerprint density at radius 2 is 2.05 bits per heavy atom. The van der Waals surface area contributed by atoms with Crippen LogP contribution in [0.5, 0.6) is 0 Å². The number of aromatic nitrogens is 2. The molecular weight excluding hydrogens is 254 g/mol. The van der Waals surface area contributed by atoms with Gasteiger partial charge in [0.2, 0.25) is 0 Å². The predicted molar refractivity (Wildman–Crippen MR) is 79.6 cm³/mol. The zero-order valence-electron chi connectivity index (χ0n) is 13.0. The van der Waals surface area contributed by atoms with Crippen molar-refractivity contribution < 1.29 is 9.90 Å². The van der Waals surface area contributed by atoms with Gasteiger partial charge in [0.25, 0.3) is 0 Å². The summed E-state index contributed by atoms with van der Waals surface area (Å²) < 4.78 is 2.03. The molecule has 0 radical (unpaired) electrons. The van der Waals surface area contributed by atoms with Crippen LogP contribution in [-0.4, -0.2) is 38.8 Å². The molecule has 1 unspecified atom stereocenters. The highest BCUT2D eigenvalue weighted by Gasteiger charge is 2.16. The second-order valence-electron chi connectivity index (χ2n) is 5.32. The average molecular weight is 281 g/mol. The molecule has 0 saturated heterocycles. The van der Waals surface area contributed by atoms with E-state index >= 15 is 0 Å². The molecule has 1 heterocycles. The Hall–Kier alpha value is -1.36. The molecule has 0 bridgehead atoms. The normalized spacial score (nSPS) is 13.1. The summed E-state index contributed by atoms with van der Waals surface area (Å²) in [6.07, 6.45) is 4.18. The Kier molecular flexibility index (Phi) is 6.71. The van der Waals surface area contributed by atoms with Crippen molar-refractivity contribution in [2.24, 2.45) is 5.92 Å². The van der Waals surface area contributed by atoms with E-state index in [1.165, 1.54) is 0 Å². The van der Waals surface area contributed by atoms with Gasteiger partial charge >= 0.3 is 5.97 Å². The van der Waals surface area contributed by atoms with Crippen LogP contribution in [0.25, 0.3) is 0 Å². The second-order valence-corrected chi connectivity index (χ2v) is 5.32. The molecule has 0 amide bonds. The first kappa shape index (κ1) is 16.7. The lowest BCUT2D eigenvalue weighted by Gasteiger charge is -2.21. The third-order valence-corrected chi connectivity index (χ3v) is 3.77. The molecule has 0 spiro atoms. The molecule has 1 aromatic heterocycles. The SMILES string of the molecule is CCC(CC)n1ccc(CN(CC)CC(C)C(=O)O)n1. The van der Waals surface area contributed by atoms with Crippen LogP contribution in [0.1, 0.15) is 52.3 Å². The van der Waals surface area contributed by atoms with Crippen molar-refractivity contribution in [2.75, 3.05) is 13.1 Å². The number of rotatable bonds is 9. The first-order valence-corrected chi connectivity index (χ1v) is 7.50. The summed E-state index contributed by atoms with van der Waals surface area (Å²) in [6.45, 7) is 10.2. The van der Waals surface area contributed by atoms with Gasteiger partial charge in [-0.3, -0.25) is 14.4 Å². The average Bonchev–Trinajstić information content (AvgIpc) is 2.87. The highest BCUT2D eigenvalue weighted by Crippen LogP contribution is 2.15. The van der Waals surface area contributed by atoms with Crippen LogP contribution in [0.4, 0.5) is 0 Å². The molecule has 1 atom stereocenters. The topological polar surface area (TPSA) is 58.4 Å². The van der Waals surface area contributed by atoms with Gasteiger partial charge in [0.1, 0.15) is 0 Å². The van der Waals surface area contributed by atoms with Crippen molar-refractivity contribution in [1.82, 2.24) is 14.7 Å². The Morgan fingerprint density at radius 1 is 1.40 bits per heavy atom. The van der Waals surface area contributed by atoms with Gasteiger partial charge < -0.3 is 5.11 Å². The summed E-state index contributed by atoms with van der Waals surface area (Å²) in [6, 6.07) is 2.49. The number of hydrogen-bond acceptors (Lipinski definition) is 3. The van der Waals surface area contributed by atoms with Crippen molar-refractivity contribution in [3.8, 4) is 0 Å². The van der Waals surface area contributed by atoms with E-state index in [1.807, 2.05) is 23.9 Å². The van der Waals surface area contributed by atoms with E-state index in [0.717, 1.165) is 25.1 Å². The van der Waals surface area contributed by atoms with E-state index in [0.29, 0.717) is 19.1 Å². The maximum atomic E-state index is 10.9. The molecule has 5 nitrogen and oxygen atoms in total. The van der Waals surface area contributed by atoms with Gasteiger partial charge in [-0.2, -0.15) is 5.10 Å². The molecule has 0 aliphatic rings. The summed E-state index contributed by atoms with van der Waals surface area (Å²) in [4.78, 5) is 13.1. The summed E-state index contributed by atoms with van der Waals surface area (Å²) in [7, 11) is 0. The van der Waals surface area contributed by atoms with Gasteiger partial charge in [-0.1, -0.05) is 27.7 Å². The smallest absolute Gasteiger partial charge is 0.307 e. The predicted octanol–water partition coefficient (Wildman–Crippen LogP) is 2.79. The third-order valence-electron chi connectivity index (χ3n) is 3.77. The third kappa shape index (κ3) is 4.63. The molecule has 0 fully saturated rings. The Labute approximate surface area is 121 Å². The van der Waals surface area contributed by atoms with Gasteiger partial charge in [0.05, 0.1) is 17.7 Å². The van der Waals surface area contributed by atoms with Crippen LogP contribution >= 0.6 is 0 Å². The van der Waals surface area contributed by atoms with Crippen LogP contribution in [0.3, 0.4) is 0 Å². The zero-order chi connectivity index (χ0) is 15.1. The van der Waals surface area contributed by atoms with Crippen molar-refractivity contribution >= 4 is 5.97 Å². The largest absolute Gasteiger partial charge is 0.481 e. The quantitative estimate of drug-likeness (QED) is 0.756. The van der Waals surface area contributed by atoms with Crippen molar-refractivity contribution in [3.63, 3.8) is 0 Å². The molecule has 20 heavy (non-hydrogen) atoms. The maximum Gasteiger partial charge on any atom is 0.307 e. The van der Waals surface area contributed by atoms with Crippen LogP contribution < -0.4 is 0 Å². The van der Waals surface area contributed by atoms with Crippen LogP contribution in [0.2, 0.25) is 0 Å². The summed E-state index contributed by atoms with van der Waals surface area (Å²) in [5.41, 5.74) is 1.01. The molecule has 1 N–H and O–H groups in total. The van der Waals surface area contributed by atoms with E-state index < -0.39 is 5.97 Å². The zero-order valence-corrected chi connectivity index (χ0v) is 13.0. The minimum absolute atomic E-state index is 0.351. The summed E-state index contributed by atoms with van der Waals surface area (Å²) in [5, 5.41) is 13.6. The number of aliphatic carboxylic acids is 1. The molecule has 114 valence electrons. The molecule has 0 aromatic carbocycles. The summed E-state index contributed by atoms with van der Waals surface area (Å²) in [5.74, 6) is -1.10. The van der Waals surface area contributed by atoms with E-state index in [4.69, 9.17) is 5.11 Å². The van der Waals surface area contributed by atoms with Gasteiger partial charge in [0, 0.05) is 19.3 Å². The van der Waals surface area contributed by atoms with E-state index in [-0.39, 0.29) is 5.92 Å². The van der Waals surface area contributed by atoms with Gasteiger partial charge in [0.15, 0.2) is 0 Å². The Morgan fingerprint density at radius 3 is 2.55 bits per heavy atom. The second kappa shape index (κ2) is 8.04. The van der Waals surface area contributed by atoms with Gasteiger partial charge in [-0.25, -0.2) is 0 Å². The monoisotopic (exact) mass is 281 g/mol. The fourth-order valence-corrected chi connectivity index (χ4v) is 2.33. The first-order chi connectivity index (χ1) is 9.51. The standard InChI is InChI=1S/C15H27N3O2/c1-5-14(6-2)18-9-8-13(16-18)11-17(7-3)10-12(4)15(19)20/h8-9,12,14H,5-7,10-11H2,1-4H3,(H,19,20). The van der Waals surface area contributed by atoms with Gasteiger partial charge in [-0.05, 0) is 25.5 Å². The van der Waals surface area contributed by atoms with Crippen molar-refractivity contribution in [3.05, 3.63) is 18.0 Å². The molecular formula is C15H27N3O2. The van der Waals surface area contributed by atoms with Crippen molar-refractivity contribution in [2.45, 2.75) is 53.1 Å². The molecule has 5 heteroatoms. The van der Waals surface area contributed by atoms with Crippen LogP contribution in [-0.2, 0) is 11.3 Å². The molecule has 0 aliphatic heterocycles. The maximum absolute atomic E-state index is 10.9. The van der Waals surface area contributed by atoms with E-state index in [1.54, 1.807) is 6.92 Å². The molecule has 0 saturated carbocycles. The summed E-state index contributed by atoms with van der Waals surface area (Å²) >= 11 is 0. The highest BCUT2D eigenvalue weighted by atomic mass is 16.4. The number of nitrogens with zero attached hydrogens (tertiary/aromatic N) is 3. The minimum Gasteiger partial charge on any atom is -0.481 e. The van der Waals surface area contributed by atoms with Crippen LogP contribution in [0, 0.1) is 5.92 Å². The van der Waals surface area contributed by atoms with Gasteiger partial charge in [-0.15, -0.1) is 0 Å². The minimum atomic E-state index is -0.744. The number of carbonyl (C=O) groups is 1. The van der Waals surface area contributed by atoms with Crippen LogP contribution in [0.15, 0.2) is 12.3 Å². The molecule has 1 rings (SSSR count). The fourth-order valence-electron chi connectivity index (χ4n) is 2.33. The first-order valence-electron chi connectivity index (χ1n) is 7.50. The number of carboxylic acid groups (broad SMARTS) is 1.